The molecule has 3 aromatic rings. The van der Waals surface area contributed by atoms with Gasteiger partial charge < -0.3 is 19.2 Å². The van der Waals surface area contributed by atoms with Crippen molar-refractivity contribution in [2.24, 2.45) is 0 Å². The van der Waals surface area contributed by atoms with Gasteiger partial charge in [-0.15, -0.1) is 10.2 Å². The number of halogens is 1. The Balaban J connectivity index is 0.000000614. The van der Waals surface area contributed by atoms with Gasteiger partial charge in [0.1, 0.15) is 29.4 Å². The van der Waals surface area contributed by atoms with Gasteiger partial charge >= 0.3 is 0 Å². The Morgan fingerprint density at radius 1 is 1.03 bits per heavy atom. The molecule has 168 valence electrons. The van der Waals surface area contributed by atoms with Crippen LogP contribution in [0.1, 0.15) is 6.42 Å². The lowest BCUT2D eigenvalue weighted by atomic mass is 10.1. The van der Waals surface area contributed by atoms with Crippen LogP contribution in [0.15, 0.2) is 52.9 Å². The van der Waals surface area contributed by atoms with E-state index in [4.69, 9.17) is 27.8 Å². The number of phenolic OH excluding ortho intramolecular Hbond substituents is 1. The molecule has 31 heavy (non-hydrogen) atoms. The summed E-state index contributed by atoms with van der Waals surface area (Å²) in [6.07, 6.45) is 1.03. The van der Waals surface area contributed by atoms with Crippen molar-refractivity contribution in [3.05, 3.63) is 53.9 Å². The normalized spacial score (nSPS) is 12.1. The van der Waals surface area contributed by atoms with E-state index < -0.39 is 10.2 Å². The molecule has 10 heteroatoms. The molecule has 0 spiro atoms. The minimum Gasteiger partial charge on any atom is -0.508 e. The topological polar surface area (TPSA) is 152 Å². The number of nitrogens with one attached hydrogen (secondary N) is 1. The average Bonchev–Trinajstić information content (AvgIpc) is 2.70. The maximum Gasteiger partial charge on any atom is 0.213 e. The first-order valence-electron chi connectivity index (χ1n) is 9.31. The number of nitrogens with zero attached hydrogens (tertiary/aromatic N) is 1. The number of fused-ring (bicyclic) bond motifs is 1. The molecular formula is C21H25ClN2O7. The number of phenols is 1. The first-order chi connectivity index (χ1) is 14.6. The first-order valence-corrected chi connectivity index (χ1v) is 10.5. The van der Waals surface area contributed by atoms with Crippen LogP contribution >= 0.6 is 0 Å². The van der Waals surface area contributed by atoms with Gasteiger partial charge in [-0.25, -0.2) is 23.6 Å². The van der Waals surface area contributed by atoms with Crippen LogP contribution in [0.2, 0.25) is 0 Å². The van der Waals surface area contributed by atoms with Crippen molar-refractivity contribution in [1.29, 1.82) is 0 Å². The summed E-state index contributed by atoms with van der Waals surface area (Å²) in [6, 6.07) is 14.9. The number of ether oxygens (including phenoxy) is 1. The zero-order valence-electron chi connectivity index (χ0n) is 17.5. The molecule has 2 N–H and O–H groups in total. The zero-order valence-corrected chi connectivity index (χ0v) is 18.2. The second-order valence-corrected chi connectivity index (χ2v) is 7.65. The van der Waals surface area contributed by atoms with Gasteiger partial charge in [-0.3, -0.25) is 0 Å². The molecular weight excluding hydrogens is 428 g/mol. The van der Waals surface area contributed by atoms with Gasteiger partial charge in [0.05, 0.1) is 18.6 Å². The van der Waals surface area contributed by atoms with E-state index in [2.05, 4.69) is 24.0 Å². The summed E-state index contributed by atoms with van der Waals surface area (Å²) in [5.74, 6) is 1.80. The van der Waals surface area contributed by atoms with Crippen molar-refractivity contribution < 1.29 is 48.1 Å². The van der Waals surface area contributed by atoms with Crippen LogP contribution in [0, 0.1) is 10.2 Å². The molecule has 0 bridgehead atoms. The Morgan fingerprint density at radius 3 is 2.26 bits per heavy atom. The van der Waals surface area contributed by atoms with E-state index in [0.717, 1.165) is 52.9 Å². The third-order valence-corrected chi connectivity index (χ3v) is 4.22. The second kappa shape index (κ2) is 11.1. The van der Waals surface area contributed by atoms with Gasteiger partial charge in [-0.1, -0.05) is 0 Å². The zero-order chi connectivity index (χ0) is 23.0. The maximum atomic E-state index is 9.85. The Labute approximate surface area is 181 Å². The highest BCUT2D eigenvalue weighted by molar-refractivity contribution is 5.79. The first kappa shape index (κ1) is 24.6. The van der Waals surface area contributed by atoms with Crippen LogP contribution in [0.25, 0.3) is 22.3 Å². The van der Waals surface area contributed by atoms with Gasteiger partial charge in [0.2, 0.25) is 5.36 Å². The summed E-state index contributed by atoms with van der Waals surface area (Å²) in [5.41, 5.74) is 1.70. The van der Waals surface area contributed by atoms with E-state index in [1.54, 1.807) is 25.3 Å². The number of rotatable bonds is 6. The largest absolute Gasteiger partial charge is 0.508 e. The summed E-state index contributed by atoms with van der Waals surface area (Å²) in [5, 5.41) is 11.7. The molecule has 3 rings (SSSR count). The van der Waals surface area contributed by atoms with Crippen LogP contribution in [0.3, 0.4) is 0 Å². The van der Waals surface area contributed by atoms with Crippen LogP contribution in [0.5, 0.6) is 11.5 Å². The van der Waals surface area contributed by atoms with Crippen LogP contribution < -0.4 is 33.7 Å². The molecule has 0 aliphatic heterocycles. The monoisotopic (exact) mass is 452 g/mol. The summed E-state index contributed by atoms with van der Waals surface area (Å²) in [7, 11) is 0.838. The number of benzene rings is 2. The van der Waals surface area contributed by atoms with E-state index in [-0.39, 0.29) is 5.75 Å². The van der Waals surface area contributed by atoms with Gasteiger partial charge in [-0.05, 0) is 56.6 Å². The summed E-state index contributed by atoms with van der Waals surface area (Å²) >= 11 is 0. The molecule has 0 radical (unpaired) electrons. The molecule has 2 aromatic carbocycles. The molecule has 0 unspecified atom stereocenters. The van der Waals surface area contributed by atoms with Crippen LogP contribution in [0.4, 0.5) is 0 Å². The van der Waals surface area contributed by atoms with E-state index in [1.165, 1.54) is 0 Å². The minimum atomic E-state index is -4.94. The Hall–Kier alpha value is -2.66. The fourth-order valence-electron chi connectivity index (χ4n) is 2.84. The third-order valence-electron chi connectivity index (χ3n) is 4.22. The van der Waals surface area contributed by atoms with Crippen molar-refractivity contribution in [1.82, 2.24) is 4.90 Å². The molecule has 1 heterocycles. The lowest BCUT2D eigenvalue weighted by Gasteiger charge is -2.17. The van der Waals surface area contributed by atoms with E-state index in [1.807, 2.05) is 30.3 Å². The van der Waals surface area contributed by atoms with Gasteiger partial charge in [0, 0.05) is 18.5 Å². The van der Waals surface area contributed by atoms with Gasteiger partial charge in [-0.2, -0.15) is 0 Å². The SMILES string of the molecule is COc1ccc(-c2cc(=[NH+]CCCN(C)C)c3cc(O)ccc3o2)cc1.[O-][Cl+3]([O-])([O-])[O-]. The highest BCUT2D eigenvalue weighted by Gasteiger charge is 2.10. The fraction of sp³-hybridized carbons (Fsp3) is 0.286. The molecule has 0 saturated heterocycles. The molecule has 0 fully saturated rings. The molecule has 0 saturated carbocycles. The smallest absolute Gasteiger partial charge is 0.213 e. The van der Waals surface area contributed by atoms with E-state index in [0.29, 0.717) is 0 Å². The molecule has 0 aliphatic rings. The van der Waals surface area contributed by atoms with Crippen molar-refractivity contribution in [3.63, 3.8) is 0 Å². The second-order valence-electron chi connectivity index (χ2n) is 6.89. The van der Waals surface area contributed by atoms with Gasteiger partial charge in [0.15, 0.2) is 0 Å². The average molecular weight is 453 g/mol. The number of methoxy groups -OCH3 is 1. The fourth-order valence-corrected chi connectivity index (χ4v) is 2.84. The van der Waals surface area contributed by atoms with E-state index >= 15 is 0 Å². The molecule has 0 amide bonds. The Kier molecular flexibility index (Phi) is 8.81. The Bertz CT molecular complexity index is 1040. The van der Waals surface area contributed by atoms with Crippen LogP contribution in [-0.4, -0.2) is 44.3 Å². The van der Waals surface area contributed by atoms with Crippen molar-refractivity contribution in [3.8, 4) is 22.8 Å². The predicted molar refractivity (Wildman–Crippen MR) is 102 cm³/mol. The van der Waals surface area contributed by atoms with Crippen molar-refractivity contribution >= 4 is 11.0 Å². The van der Waals surface area contributed by atoms with Gasteiger partial charge in [0.25, 0.3) is 0 Å². The molecule has 9 nitrogen and oxygen atoms in total. The molecule has 1 aromatic heterocycles. The van der Waals surface area contributed by atoms with Crippen molar-refractivity contribution in [2.45, 2.75) is 6.42 Å². The summed E-state index contributed by atoms with van der Waals surface area (Å²) < 4.78 is 45.3. The van der Waals surface area contributed by atoms with Crippen LogP contribution in [-0.2, 0) is 0 Å². The lowest BCUT2D eigenvalue weighted by Crippen LogP contribution is -2.77. The lowest BCUT2D eigenvalue weighted by molar-refractivity contribution is -2.00. The predicted octanol–water partition coefficient (Wildman–Crippen LogP) is -3.01. The van der Waals surface area contributed by atoms with E-state index in [9.17, 15) is 5.11 Å². The Morgan fingerprint density at radius 2 is 1.68 bits per heavy atom. The highest BCUT2D eigenvalue weighted by atomic mass is 35.7. The number of aromatic hydroxyl groups is 1. The quantitative estimate of drug-likeness (QED) is 0.375. The minimum absolute atomic E-state index is 0.223. The highest BCUT2D eigenvalue weighted by Crippen LogP contribution is 2.25. The summed E-state index contributed by atoms with van der Waals surface area (Å²) in [4.78, 5) is 5.64. The number of hydrogen-bond acceptors (Lipinski definition) is 8. The van der Waals surface area contributed by atoms with Crippen molar-refractivity contribution in [2.75, 3.05) is 34.3 Å². The maximum absolute atomic E-state index is 9.85. The number of hydrogen-bond donors (Lipinski definition) is 2. The molecule has 0 atom stereocenters. The standard InChI is InChI=1S/C21H24N2O3.ClHO4/c1-23(2)12-4-11-22-19-14-21(15-5-8-17(25-3)9-6-15)26-20-10-7-16(24)13-18(19)20;2-1(3,4)5/h5-10,13-14,24H,4,11-12H2,1-3H3;(H,2,3,4,5). The molecule has 0 aliphatic carbocycles. The summed E-state index contributed by atoms with van der Waals surface area (Å²) in [6.45, 7) is 1.85. The third kappa shape index (κ3) is 8.54.